The molecule has 0 saturated carbocycles. The van der Waals surface area contributed by atoms with Crippen molar-refractivity contribution in [2.45, 2.75) is 76.0 Å². The second-order valence-electron chi connectivity index (χ2n) is 7.53. The van der Waals surface area contributed by atoms with E-state index >= 15 is 0 Å². The number of unbranched alkanes of at least 4 members (excludes halogenated alkanes) is 1. The maximum absolute atomic E-state index is 12.7. The highest BCUT2D eigenvalue weighted by Gasteiger charge is 2.30. The molecule has 33 heavy (non-hydrogen) atoms. The van der Waals surface area contributed by atoms with Gasteiger partial charge in [0.1, 0.15) is 18.1 Å². The van der Waals surface area contributed by atoms with Crippen LogP contribution in [0.15, 0.2) is 0 Å². The smallest absolute Gasteiger partial charge is 0.326 e. The first kappa shape index (κ1) is 29.7. The Balaban J connectivity index is 5.48. The Morgan fingerprint density at radius 1 is 0.758 bits per heavy atom. The molecular weight excluding hydrogens is 440 g/mol. The molecule has 0 rings (SSSR count). The standard InChI is InChI=1S/C19H34N6O8/c1-10(21)16(29)23-12(6-8-15(27)28)17(30)24-11(5-7-14(22)26)18(31)25-13(19(32)33)4-2-3-9-20/h10-13H,2-9,20-21H2,1H3,(H2,22,26)(H,23,29)(H,24,30)(H,25,31)(H,27,28)(H,32,33). The number of carbonyl (C=O) groups excluding carboxylic acids is 4. The van der Waals surface area contributed by atoms with E-state index in [1.54, 1.807) is 0 Å². The average Bonchev–Trinajstić information content (AvgIpc) is 2.72. The molecule has 0 aliphatic carbocycles. The molecule has 0 bridgehead atoms. The van der Waals surface area contributed by atoms with Crippen molar-refractivity contribution in [2.75, 3.05) is 6.54 Å². The van der Waals surface area contributed by atoms with E-state index in [0.29, 0.717) is 19.4 Å². The zero-order valence-corrected chi connectivity index (χ0v) is 18.5. The van der Waals surface area contributed by atoms with E-state index in [1.165, 1.54) is 6.92 Å². The van der Waals surface area contributed by atoms with Crippen molar-refractivity contribution in [3.05, 3.63) is 0 Å². The maximum Gasteiger partial charge on any atom is 0.326 e. The summed E-state index contributed by atoms with van der Waals surface area (Å²) in [4.78, 5) is 70.9. The largest absolute Gasteiger partial charge is 0.481 e. The third-order valence-corrected chi connectivity index (χ3v) is 4.57. The van der Waals surface area contributed by atoms with Crippen molar-refractivity contribution < 1.29 is 39.0 Å². The van der Waals surface area contributed by atoms with Crippen LogP contribution in [0, 0.1) is 0 Å². The molecule has 0 aliphatic rings. The van der Waals surface area contributed by atoms with Crippen molar-refractivity contribution in [2.24, 2.45) is 17.2 Å². The summed E-state index contributed by atoms with van der Waals surface area (Å²) in [5.41, 5.74) is 16.0. The van der Waals surface area contributed by atoms with E-state index in [4.69, 9.17) is 22.3 Å². The molecule has 0 aromatic rings. The predicted molar refractivity (Wildman–Crippen MR) is 115 cm³/mol. The SMILES string of the molecule is CC(N)C(=O)NC(CCC(=O)O)C(=O)NC(CCC(N)=O)C(=O)NC(CCCCN)C(=O)O. The molecule has 0 aromatic carbocycles. The summed E-state index contributed by atoms with van der Waals surface area (Å²) in [5, 5.41) is 25.2. The van der Waals surface area contributed by atoms with Gasteiger partial charge in [0.25, 0.3) is 0 Å². The number of carboxylic acids is 2. The lowest BCUT2D eigenvalue weighted by Gasteiger charge is -2.24. The van der Waals surface area contributed by atoms with Gasteiger partial charge in [-0.3, -0.25) is 24.0 Å². The molecule has 11 N–H and O–H groups in total. The van der Waals surface area contributed by atoms with Crippen LogP contribution in [-0.2, 0) is 28.8 Å². The lowest BCUT2D eigenvalue weighted by Crippen LogP contribution is -2.57. The van der Waals surface area contributed by atoms with E-state index in [2.05, 4.69) is 16.0 Å². The zero-order chi connectivity index (χ0) is 25.6. The molecule has 188 valence electrons. The number of aliphatic carboxylic acids is 2. The summed E-state index contributed by atoms with van der Waals surface area (Å²) >= 11 is 0. The van der Waals surface area contributed by atoms with Crippen molar-refractivity contribution >= 4 is 35.6 Å². The number of hydrogen-bond donors (Lipinski definition) is 8. The molecule has 14 nitrogen and oxygen atoms in total. The van der Waals surface area contributed by atoms with Gasteiger partial charge in [-0.2, -0.15) is 0 Å². The molecule has 0 aromatic heterocycles. The van der Waals surface area contributed by atoms with E-state index in [-0.39, 0.29) is 25.7 Å². The second kappa shape index (κ2) is 15.5. The van der Waals surface area contributed by atoms with Gasteiger partial charge >= 0.3 is 11.9 Å². The van der Waals surface area contributed by atoms with Crippen LogP contribution in [0.5, 0.6) is 0 Å². The van der Waals surface area contributed by atoms with E-state index in [0.717, 1.165) is 0 Å². The highest BCUT2D eigenvalue weighted by atomic mass is 16.4. The molecule has 0 radical (unpaired) electrons. The lowest BCUT2D eigenvalue weighted by molar-refractivity contribution is -0.142. The summed E-state index contributed by atoms with van der Waals surface area (Å²) in [6.07, 6.45) is -0.207. The molecule has 4 unspecified atom stereocenters. The number of carboxylic acid groups (broad SMARTS) is 2. The molecule has 0 saturated heterocycles. The fraction of sp³-hybridized carbons (Fsp3) is 0.684. The Morgan fingerprint density at radius 2 is 1.24 bits per heavy atom. The Hall–Kier alpha value is -3.26. The van der Waals surface area contributed by atoms with E-state index in [9.17, 15) is 33.9 Å². The first-order valence-electron chi connectivity index (χ1n) is 10.5. The first-order chi connectivity index (χ1) is 15.4. The maximum atomic E-state index is 12.7. The van der Waals surface area contributed by atoms with Crippen molar-refractivity contribution in [1.82, 2.24) is 16.0 Å². The number of primary amides is 1. The van der Waals surface area contributed by atoms with Gasteiger partial charge in [0.15, 0.2) is 0 Å². The van der Waals surface area contributed by atoms with E-state index < -0.39 is 66.2 Å². The van der Waals surface area contributed by atoms with Crippen LogP contribution in [0.1, 0.15) is 51.9 Å². The van der Waals surface area contributed by atoms with Crippen LogP contribution < -0.4 is 33.2 Å². The number of nitrogens with one attached hydrogen (secondary N) is 3. The molecular formula is C19H34N6O8. The highest BCUT2D eigenvalue weighted by molar-refractivity contribution is 5.94. The van der Waals surface area contributed by atoms with Gasteiger partial charge in [-0.1, -0.05) is 0 Å². The van der Waals surface area contributed by atoms with Gasteiger partial charge in [0.05, 0.1) is 6.04 Å². The summed E-state index contributed by atoms with van der Waals surface area (Å²) in [5.74, 6) is -5.75. The summed E-state index contributed by atoms with van der Waals surface area (Å²) in [6.45, 7) is 1.71. The monoisotopic (exact) mass is 474 g/mol. The predicted octanol–water partition coefficient (Wildman–Crippen LogP) is -2.87. The first-order valence-corrected chi connectivity index (χ1v) is 10.5. The normalized spacial score (nSPS) is 14.3. The number of amides is 4. The summed E-state index contributed by atoms with van der Waals surface area (Å²) < 4.78 is 0. The Bertz CT molecular complexity index is 714. The third kappa shape index (κ3) is 13.0. The van der Waals surface area contributed by atoms with Crippen LogP contribution in [-0.4, -0.2) is 76.5 Å². The zero-order valence-electron chi connectivity index (χ0n) is 18.5. The molecule has 4 atom stereocenters. The van der Waals surface area contributed by atoms with Crippen molar-refractivity contribution in [1.29, 1.82) is 0 Å². The fourth-order valence-electron chi connectivity index (χ4n) is 2.69. The van der Waals surface area contributed by atoms with Gasteiger partial charge in [0.2, 0.25) is 23.6 Å². The van der Waals surface area contributed by atoms with Crippen LogP contribution >= 0.6 is 0 Å². The Labute approximate surface area is 191 Å². The molecule has 14 heteroatoms. The van der Waals surface area contributed by atoms with E-state index in [1.807, 2.05) is 0 Å². The van der Waals surface area contributed by atoms with Crippen LogP contribution in [0.4, 0.5) is 0 Å². The number of hydrogen-bond acceptors (Lipinski definition) is 8. The fourth-order valence-corrected chi connectivity index (χ4v) is 2.69. The molecule has 0 spiro atoms. The number of nitrogens with two attached hydrogens (primary N) is 3. The topological polar surface area (TPSA) is 257 Å². The molecule has 0 aliphatic heterocycles. The van der Waals surface area contributed by atoms with Gasteiger partial charge in [0, 0.05) is 12.8 Å². The minimum atomic E-state index is -1.36. The van der Waals surface area contributed by atoms with Crippen LogP contribution in [0.2, 0.25) is 0 Å². The lowest BCUT2D eigenvalue weighted by atomic mass is 10.1. The molecule has 0 heterocycles. The van der Waals surface area contributed by atoms with Crippen molar-refractivity contribution in [3.8, 4) is 0 Å². The summed E-state index contributed by atoms with van der Waals surface area (Å²) in [7, 11) is 0. The van der Waals surface area contributed by atoms with Gasteiger partial charge in [-0.25, -0.2) is 4.79 Å². The minimum absolute atomic E-state index is 0.0977. The third-order valence-electron chi connectivity index (χ3n) is 4.57. The minimum Gasteiger partial charge on any atom is -0.481 e. The Morgan fingerprint density at radius 3 is 1.67 bits per heavy atom. The van der Waals surface area contributed by atoms with Gasteiger partial charge < -0.3 is 43.4 Å². The Kier molecular flexibility index (Phi) is 14.0. The number of rotatable bonds is 17. The summed E-state index contributed by atoms with van der Waals surface area (Å²) in [6, 6.07) is -4.93. The highest BCUT2D eigenvalue weighted by Crippen LogP contribution is 2.06. The van der Waals surface area contributed by atoms with Crippen LogP contribution in [0.3, 0.4) is 0 Å². The average molecular weight is 475 g/mol. The quantitative estimate of drug-likeness (QED) is 0.0999. The molecule has 0 fully saturated rings. The molecule has 4 amide bonds. The van der Waals surface area contributed by atoms with Gasteiger partial charge in [-0.05, 0) is 45.6 Å². The van der Waals surface area contributed by atoms with Gasteiger partial charge in [-0.15, -0.1) is 0 Å². The van der Waals surface area contributed by atoms with Crippen LogP contribution in [0.25, 0.3) is 0 Å². The van der Waals surface area contributed by atoms with Crippen molar-refractivity contribution in [3.63, 3.8) is 0 Å². The number of carbonyl (C=O) groups is 6. The second-order valence-corrected chi connectivity index (χ2v) is 7.53.